The van der Waals surface area contributed by atoms with Gasteiger partial charge in [0.2, 0.25) is 5.89 Å². The highest BCUT2D eigenvalue weighted by atomic mass is 16.4. The van der Waals surface area contributed by atoms with Crippen molar-refractivity contribution in [1.82, 2.24) is 14.5 Å². The van der Waals surface area contributed by atoms with E-state index in [1.165, 1.54) is 0 Å². The van der Waals surface area contributed by atoms with Crippen LogP contribution >= 0.6 is 0 Å². The van der Waals surface area contributed by atoms with Crippen LogP contribution in [-0.4, -0.2) is 14.5 Å². The summed E-state index contributed by atoms with van der Waals surface area (Å²) in [5, 5.41) is 0. The van der Waals surface area contributed by atoms with Gasteiger partial charge < -0.3 is 8.98 Å². The van der Waals surface area contributed by atoms with Gasteiger partial charge in [0, 0.05) is 0 Å². The van der Waals surface area contributed by atoms with E-state index in [2.05, 4.69) is 9.97 Å². The second-order valence-electron chi connectivity index (χ2n) is 4.11. The molecule has 0 atom stereocenters. The minimum Gasteiger partial charge on any atom is -0.444 e. The third kappa shape index (κ3) is 1.71. The molecule has 0 radical (unpaired) electrons. The average molecular weight is 227 g/mol. The Labute approximate surface area is 98.9 Å². The van der Waals surface area contributed by atoms with Crippen molar-refractivity contribution >= 4 is 11.0 Å². The molecule has 2 heterocycles. The van der Waals surface area contributed by atoms with Crippen LogP contribution in [-0.2, 0) is 6.54 Å². The standard InChI is InChI=1S/C13H13N3O/c1-9-10(2)17-13(15-9)7-16-8-14-11-5-3-4-6-12(11)16/h3-6,8H,7H2,1-2H3. The van der Waals surface area contributed by atoms with Gasteiger partial charge in [0.1, 0.15) is 12.3 Å². The first kappa shape index (κ1) is 10.1. The summed E-state index contributed by atoms with van der Waals surface area (Å²) in [5.74, 6) is 1.60. The van der Waals surface area contributed by atoms with Crippen LogP contribution in [0.25, 0.3) is 11.0 Å². The molecular formula is C13H13N3O. The quantitative estimate of drug-likeness (QED) is 0.676. The van der Waals surface area contributed by atoms with E-state index < -0.39 is 0 Å². The molecule has 0 spiro atoms. The molecule has 0 amide bonds. The van der Waals surface area contributed by atoms with Crippen LogP contribution < -0.4 is 0 Å². The lowest BCUT2D eigenvalue weighted by atomic mass is 10.3. The lowest BCUT2D eigenvalue weighted by molar-refractivity contribution is 0.459. The van der Waals surface area contributed by atoms with Crippen LogP contribution in [0.1, 0.15) is 17.3 Å². The monoisotopic (exact) mass is 227 g/mol. The smallest absolute Gasteiger partial charge is 0.214 e. The Morgan fingerprint density at radius 2 is 2.06 bits per heavy atom. The van der Waals surface area contributed by atoms with Crippen molar-refractivity contribution in [3.05, 3.63) is 47.9 Å². The highest BCUT2D eigenvalue weighted by molar-refractivity contribution is 5.74. The van der Waals surface area contributed by atoms with Gasteiger partial charge in [-0.1, -0.05) is 12.1 Å². The van der Waals surface area contributed by atoms with E-state index in [0.717, 1.165) is 28.4 Å². The first-order valence-electron chi connectivity index (χ1n) is 5.57. The van der Waals surface area contributed by atoms with Crippen LogP contribution in [0.3, 0.4) is 0 Å². The number of oxazole rings is 1. The van der Waals surface area contributed by atoms with Gasteiger partial charge >= 0.3 is 0 Å². The van der Waals surface area contributed by atoms with Crippen LogP contribution in [0, 0.1) is 13.8 Å². The van der Waals surface area contributed by atoms with E-state index in [9.17, 15) is 0 Å². The SMILES string of the molecule is Cc1nc(Cn2cnc3ccccc32)oc1C. The zero-order valence-electron chi connectivity index (χ0n) is 9.84. The number of hydrogen-bond donors (Lipinski definition) is 0. The van der Waals surface area contributed by atoms with Gasteiger partial charge in [0.05, 0.1) is 23.1 Å². The summed E-state index contributed by atoms with van der Waals surface area (Å²) in [6.45, 7) is 4.50. The number of para-hydroxylation sites is 2. The molecule has 0 saturated heterocycles. The normalized spacial score (nSPS) is 11.2. The minimum atomic E-state index is 0.620. The number of nitrogens with zero attached hydrogens (tertiary/aromatic N) is 3. The predicted octanol–water partition coefficient (Wildman–Crippen LogP) is 2.69. The number of aromatic nitrogens is 3. The number of fused-ring (bicyclic) bond motifs is 1. The van der Waals surface area contributed by atoms with Crippen molar-refractivity contribution in [2.45, 2.75) is 20.4 Å². The van der Waals surface area contributed by atoms with Gasteiger partial charge in [0.25, 0.3) is 0 Å². The maximum atomic E-state index is 5.58. The average Bonchev–Trinajstić information content (AvgIpc) is 2.85. The molecule has 1 aromatic carbocycles. The lowest BCUT2D eigenvalue weighted by Crippen LogP contribution is -1.97. The van der Waals surface area contributed by atoms with Gasteiger partial charge in [0.15, 0.2) is 0 Å². The molecule has 3 rings (SSSR count). The summed E-state index contributed by atoms with van der Waals surface area (Å²) in [7, 11) is 0. The fourth-order valence-electron chi connectivity index (χ4n) is 1.89. The highest BCUT2D eigenvalue weighted by Gasteiger charge is 2.08. The van der Waals surface area contributed by atoms with Crippen LogP contribution in [0.2, 0.25) is 0 Å². The van der Waals surface area contributed by atoms with Gasteiger partial charge in [-0.2, -0.15) is 0 Å². The number of hydrogen-bond acceptors (Lipinski definition) is 3. The molecule has 0 aliphatic carbocycles. The number of imidazole rings is 1. The third-order valence-corrected chi connectivity index (χ3v) is 2.91. The Kier molecular flexibility index (Phi) is 2.21. The predicted molar refractivity (Wildman–Crippen MR) is 64.8 cm³/mol. The molecule has 0 bridgehead atoms. The van der Waals surface area contributed by atoms with E-state index in [1.54, 1.807) is 0 Å². The fourth-order valence-corrected chi connectivity index (χ4v) is 1.89. The molecule has 0 aliphatic rings. The molecule has 2 aromatic heterocycles. The number of benzene rings is 1. The Hall–Kier alpha value is -2.10. The van der Waals surface area contributed by atoms with Crippen molar-refractivity contribution in [2.75, 3.05) is 0 Å². The van der Waals surface area contributed by atoms with Crippen LogP contribution in [0.4, 0.5) is 0 Å². The van der Waals surface area contributed by atoms with Gasteiger partial charge in [-0.05, 0) is 26.0 Å². The molecule has 3 aromatic rings. The van der Waals surface area contributed by atoms with E-state index in [0.29, 0.717) is 6.54 Å². The van der Waals surface area contributed by atoms with E-state index in [1.807, 2.05) is 49.0 Å². The second-order valence-corrected chi connectivity index (χ2v) is 4.11. The largest absolute Gasteiger partial charge is 0.444 e. The van der Waals surface area contributed by atoms with Crippen molar-refractivity contribution in [3.63, 3.8) is 0 Å². The molecule has 4 heteroatoms. The van der Waals surface area contributed by atoms with Crippen molar-refractivity contribution < 1.29 is 4.42 Å². The Morgan fingerprint density at radius 3 is 2.82 bits per heavy atom. The summed E-state index contributed by atoms with van der Waals surface area (Å²) >= 11 is 0. The molecule has 17 heavy (non-hydrogen) atoms. The second kappa shape index (κ2) is 3.73. The zero-order valence-corrected chi connectivity index (χ0v) is 9.84. The molecule has 0 fully saturated rings. The number of aryl methyl sites for hydroxylation is 2. The first-order valence-corrected chi connectivity index (χ1v) is 5.57. The van der Waals surface area contributed by atoms with Crippen LogP contribution in [0.15, 0.2) is 35.0 Å². The summed E-state index contributed by atoms with van der Waals surface area (Å²) in [4.78, 5) is 8.71. The van der Waals surface area contributed by atoms with E-state index in [4.69, 9.17) is 4.42 Å². The maximum absolute atomic E-state index is 5.58. The fraction of sp³-hybridized carbons (Fsp3) is 0.231. The van der Waals surface area contributed by atoms with Gasteiger partial charge in [-0.25, -0.2) is 9.97 Å². The Balaban J connectivity index is 2.00. The molecular weight excluding hydrogens is 214 g/mol. The third-order valence-electron chi connectivity index (χ3n) is 2.91. The molecule has 86 valence electrons. The molecule has 0 N–H and O–H groups in total. The summed E-state index contributed by atoms with van der Waals surface area (Å²) < 4.78 is 7.62. The maximum Gasteiger partial charge on any atom is 0.214 e. The lowest BCUT2D eigenvalue weighted by Gasteiger charge is -1.99. The molecule has 0 saturated carbocycles. The highest BCUT2D eigenvalue weighted by Crippen LogP contribution is 2.15. The van der Waals surface area contributed by atoms with Gasteiger partial charge in [-0.3, -0.25) is 0 Å². The summed E-state index contributed by atoms with van der Waals surface area (Å²) in [6, 6.07) is 8.04. The van der Waals surface area contributed by atoms with Gasteiger partial charge in [-0.15, -0.1) is 0 Å². The topological polar surface area (TPSA) is 43.9 Å². The van der Waals surface area contributed by atoms with Crippen molar-refractivity contribution in [3.8, 4) is 0 Å². The Bertz CT molecular complexity index is 647. The van der Waals surface area contributed by atoms with Crippen molar-refractivity contribution in [1.29, 1.82) is 0 Å². The molecule has 0 unspecified atom stereocenters. The molecule has 4 nitrogen and oxygen atoms in total. The zero-order chi connectivity index (χ0) is 11.8. The van der Waals surface area contributed by atoms with Crippen LogP contribution in [0.5, 0.6) is 0 Å². The number of rotatable bonds is 2. The van der Waals surface area contributed by atoms with E-state index >= 15 is 0 Å². The first-order chi connectivity index (χ1) is 8.24. The Morgan fingerprint density at radius 1 is 1.24 bits per heavy atom. The van der Waals surface area contributed by atoms with Crippen molar-refractivity contribution in [2.24, 2.45) is 0 Å². The summed E-state index contributed by atoms with van der Waals surface area (Å²) in [6.07, 6.45) is 1.82. The minimum absolute atomic E-state index is 0.620. The summed E-state index contributed by atoms with van der Waals surface area (Å²) in [5.41, 5.74) is 3.04. The molecule has 0 aliphatic heterocycles. The van der Waals surface area contributed by atoms with E-state index in [-0.39, 0.29) is 0 Å².